The molecule has 2 amide bonds. The predicted octanol–water partition coefficient (Wildman–Crippen LogP) is 3.40. The first kappa shape index (κ1) is 20.4. The van der Waals surface area contributed by atoms with Crippen LogP contribution in [-0.4, -0.2) is 71.8 Å². The van der Waals surface area contributed by atoms with Gasteiger partial charge < -0.3 is 9.80 Å². The molecule has 3 rings (SSSR count). The topological polar surface area (TPSA) is 43.9 Å². The first-order chi connectivity index (χ1) is 12.8. The highest BCUT2D eigenvalue weighted by molar-refractivity contribution is 6.35. The third-order valence-corrected chi connectivity index (χ3v) is 5.65. The van der Waals surface area contributed by atoms with E-state index in [0.717, 1.165) is 39.1 Å². The van der Waals surface area contributed by atoms with Crippen molar-refractivity contribution in [3.63, 3.8) is 0 Å². The van der Waals surface area contributed by atoms with E-state index in [4.69, 9.17) is 23.2 Å². The Kier molecular flexibility index (Phi) is 6.66. The van der Waals surface area contributed by atoms with Crippen molar-refractivity contribution in [1.82, 2.24) is 14.7 Å². The molecule has 0 saturated carbocycles. The summed E-state index contributed by atoms with van der Waals surface area (Å²) in [6.07, 6.45) is 1.55. The average molecular weight is 412 g/mol. The molecule has 27 heavy (non-hydrogen) atoms. The fraction of sp³-hybridized carbons (Fsp3) is 0.600. The predicted molar refractivity (Wildman–Crippen MR) is 108 cm³/mol. The van der Waals surface area contributed by atoms with Gasteiger partial charge in [-0.15, -0.1) is 0 Å². The summed E-state index contributed by atoms with van der Waals surface area (Å²) >= 11 is 12.1. The molecule has 1 unspecified atom stereocenters. The van der Waals surface area contributed by atoms with Gasteiger partial charge in [0.15, 0.2) is 0 Å². The molecule has 7 heteroatoms. The molecule has 1 aromatic carbocycles. The van der Waals surface area contributed by atoms with E-state index in [-0.39, 0.29) is 17.9 Å². The zero-order valence-electron chi connectivity index (χ0n) is 16.0. The van der Waals surface area contributed by atoms with Crippen LogP contribution in [0.3, 0.4) is 0 Å². The van der Waals surface area contributed by atoms with Crippen LogP contribution in [0.15, 0.2) is 18.2 Å². The maximum Gasteiger partial charge on any atom is 0.254 e. The van der Waals surface area contributed by atoms with Crippen LogP contribution >= 0.6 is 23.2 Å². The first-order valence-corrected chi connectivity index (χ1v) is 10.4. The lowest BCUT2D eigenvalue weighted by Gasteiger charge is -2.38. The Bertz CT molecular complexity index is 682. The fourth-order valence-electron chi connectivity index (χ4n) is 3.99. The van der Waals surface area contributed by atoms with Gasteiger partial charge in [0.25, 0.3) is 5.91 Å². The first-order valence-electron chi connectivity index (χ1n) is 9.63. The number of amides is 2. The van der Waals surface area contributed by atoms with Gasteiger partial charge in [-0.25, -0.2) is 0 Å². The van der Waals surface area contributed by atoms with E-state index >= 15 is 0 Å². The van der Waals surface area contributed by atoms with Gasteiger partial charge in [-0.05, 0) is 37.0 Å². The van der Waals surface area contributed by atoms with Crippen LogP contribution in [0.5, 0.6) is 0 Å². The Hall–Kier alpha value is -1.30. The van der Waals surface area contributed by atoms with E-state index in [2.05, 4.69) is 18.7 Å². The molecule has 0 bridgehead atoms. The van der Waals surface area contributed by atoms with Gasteiger partial charge in [-0.2, -0.15) is 0 Å². The van der Waals surface area contributed by atoms with E-state index in [1.165, 1.54) is 0 Å². The lowest BCUT2D eigenvalue weighted by atomic mass is 10.1. The summed E-state index contributed by atoms with van der Waals surface area (Å²) in [5.74, 6) is 0.520. The molecule has 2 heterocycles. The monoisotopic (exact) mass is 411 g/mol. The van der Waals surface area contributed by atoms with Gasteiger partial charge in [-0.1, -0.05) is 37.0 Å². The summed E-state index contributed by atoms with van der Waals surface area (Å²) in [7, 11) is 0. The Morgan fingerprint density at radius 1 is 1.04 bits per heavy atom. The van der Waals surface area contributed by atoms with Gasteiger partial charge in [0, 0.05) is 54.9 Å². The van der Waals surface area contributed by atoms with Crippen molar-refractivity contribution in [2.75, 3.05) is 39.3 Å². The van der Waals surface area contributed by atoms with E-state index in [0.29, 0.717) is 34.5 Å². The Labute approximate surface area is 171 Å². The molecule has 148 valence electrons. The van der Waals surface area contributed by atoms with Crippen LogP contribution in [0.25, 0.3) is 0 Å². The minimum atomic E-state index is -0.382. The van der Waals surface area contributed by atoms with Crippen LogP contribution in [-0.2, 0) is 4.79 Å². The Balaban J connectivity index is 1.65. The number of likely N-dealkylation sites (tertiary alicyclic amines) is 1. The molecule has 2 fully saturated rings. The second-order valence-electron chi connectivity index (χ2n) is 7.83. The Morgan fingerprint density at radius 3 is 2.26 bits per heavy atom. The zero-order chi connectivity index (χ0) is 19.6. The highest BCUT2D eigenvalue weighted by Crippen LogP contribution is 2.25. The fourth-order valence-corrected chi connectivity index (χ4v) is 4.51. The molecule has 1 atom stereocenters. The lowest BCUT2D eigenvalue weighted by molar-refractivity contribution is -0.137. The number of halogens is 2. The van der Waals surface area contributed by atoms with Crippen LogP contribution in [0.4, 0.5) is 0 Å². The number of carbonyl (C=O) groups excluding carboxylic acids is 2. The molecule has 1 aromatic rings. The molecule has 0 N–H and O–H groups in total. The van der Waals surface area contributed by atoms with Crippen molar-refractivity contribution < 1.29 is 9.59 Å². The third kappa shape index (κ3) is 4.95. The molecular weight excluding hydrogens is 385 g/mol. The maximum absolute atomic E-state index is 13.1. The number of piperazine rings is 1. The van der Waals surface area contributed by atoms with Crippen molar-refractivity contribution >= 4 is 35.0 Å². The number of hydrogen-bond acceptors (Lipinski definition) is 3. The minimum Gasteiger partial charge on any atom is -0.338 e. The summed E-state index contributed by atoms with van der Waals surface area (Å²) in [6, 6.07) is 4.44. The molecular formula is C20H27Cl2N3O2. The molecule has 0 aromatic heterocycles. The quantitative estimate of drug-likeness (QED) is 0.762. The van der Waals surface area contributed by atoms with Crippen molar-refractivity contribution in [2.45, 2.75) is 32.7 Å². The summed E-state index contributed by atoms with van der Waals surface area (Å²) < 4.78 is 0. The number of benzene rings is 1. The van der Waals surface area contributed by atoms with Crippen LogP contribution in [0.2, 0.25) is 10.0 Å². The van der Waals surface area contributed by atoms with Gasteiger partial charge in [0.1, 0.15) is 6.04 Å². The highest BCUT2D eigenvalue weighted by atomic mass is 35.5. The van der Waals surface area contributed by atoms with Crippen molar-refractivity contribution in [1.29, 1.82) is 0 Å². The van der Waals surface area contributed by atoms with Gasteiger partial charge in [-0.3, -0.25) is 14.5 Å². The van der Waals surface area contributed by atoms with E-state index in [9.17, 15) is 9.59 Å². The SMILES string of the molecule is CC(C)CN1CCN(C(=O)C2CCCN2C(=O)c2cc(Cl)cc(Cl)c2)CC1. The van der Waals surface area contributed by atoms with Crippen molar-refractivity contribution in [2.24, 2.45) is 5.92 Å². The van der Waals surface area contributed by atoms with Gasteiger partial charge in [0.05, 0.1) is 0 Å². The third-order valence-electron chi connectivity index (χ3n) is 5.22. The molecule has 5 nitrogen and oxygen atoms in total. The number of hydrogen-bond donors (Lipinski definition) is 0. The minimum absolute atomic E-state index is 0.0678. The largest absolute Gasteiger partial charge is 0.338 e. The van der Waals surface area contributed by atoms with Crippen molar-refractivity contribution in [3.05, 3.63) is 33.8 Å². The van der Waals surface area contributed by atoms with E-state index in [1.807, 2.05) is 4.90 Å². The Morgan fingerprint density at radius 2 is 1.67 bits per heavy atom. The van der Waals surface area contributed by atoms with Gasteiger partial charge in [0.2, 0.25) is 5.91 Å². The molecule has 2 aliphatic heterocycles. The molecule has 0 aliphatic carbocycles. The average Bonchev–Trinajstić information content (AvgIpc) is 3.09. The second-order valence-corrected chi connectivity index (χ2v) is 8.71. The molecule has 0 radical (unpaired) electrons. The van der Waals surface area contributed by atoms with Crippen molar-refractivity contribution in [3.8, 4) is 0 Å². The lowest BCUT2D eigenvalue weighted by Crippen LogP contribution is -2.54. The van der Waals surface area contributed by atoms with Crippen LogP contribution < -0.4 is 0 Å². The zero-order valence-corrected chi connectivity index (χ0v) is 17.5. The van der Waals surface area contributed by atoms with Crippen LogP contribution in [0, 0.1) is 5.92 Å². The molecule has 0 spiro atoms. The van der Waals surface area contributed by atoms with Crippen LogP contribution in [0.1, 0.15) is 37.0 Å². The highest BCUT2D eigenvalue weighted by Gasteiger charge is 2.37. The smallest absolute Gasteiger partial charge is 0.254 e. The summed E-state index contributed by atoms with van der Waals surface area (Å²) in [5.41, 5.74) is 0.439. The second kappa shape index (κ2) is 8.80. The summed E-state index contributed by atoms with van der Waals surface area (Å²) in [5, 5.41) is 0.850. The normalized spacial score (nSPS) is 21.1. The van der Waals surface area contributed by atoms with E-state index < -0.39 is 0 Å². The van der Waals surface area contributed by atoms with E-state index in [1.54, 1.807) is 23.1 Å². The number of nitrogens with zero attached hydrogens (tertiary/aromatic N) is 3. The van der Waals surface area contributed by atoms with Gasteiger partial charge >= 0.3 is 0 Å². The number of rotatable bonds is 4. The summed E-state index contributed by atoms with van der Waals surface area (Å²) in [4.78, 5) is 32.0. The summed E-state index contributed by atoms with van der Waals surface area (Å²) in [6.45, 7) is 9.32. The number of carbonyl (C=O) groups is 2. The molecule has 2 aliphatic rings. The maximum atomic E-state index is 13.1. The molecule has 2 saturated heterocycles. The standard InChI is InChI=1S/C20H27Cl2N3O2/c1-14(2)13-23-6-8-24(9-7-23)20(27)18-4-3-5-25(18)19(26)15-10-16(21)12-17(22)11-15/h10-12,14,18H,3-9,13H2,1-2H3.